The van der Waals surface area contributed by atoms with Crippen molar-refractivity contribution < 1.29 is 4.39 Å². The van der Waals surface area contributed by atoms with E-state index in [2.05, 4.69) is 32.8 Å². The Bertz CT molecular complexity index is 788. The van der Waals surface area contributed by atoms with Crippen LogP contribution in [0.3, 0.4) is 0 Å². The lowest BCUT2D eigenvalue weighted by Gasteiger charge is -2.17. The SMILES string of the molecule is CC(c1ccncc1)n1c(CCl)nc2cc(F)c(Br)cc21. The number of benzene rings is 1. The van der Waals surface area contributed by atoms with E-state index in [1.807, 2.05) is 16.7 Å². The van der Waals surface area contributed by atoms with Crippen LogP contribution < -0.4 is 0 Å². The first-order valence-electron chi connectivity index (χ1n) is 6.43. The number of rotatable bonds is 3. The number of nitrogens with zero attached hydrogens (tertiary/aromatic N) is 3. The Morgan fingerprint density at radius 1 is 1.33 bits per heavy atom. The number of alkyl halides is 1. The first kappa shape index (κ1) is 14.5. The molecule has 0 spiro atoms. The molecule has 0 saturated heterocycles. The second-order valence-corrected chi connectivity index (χ2v) is 5.86. The highest BCUT2D eigenvalue weighted by Gasteiger charge is 2.18. The molecule has 0 fully saturated rings. The minimum absolute atomic E-state index is 0.0316. The van der Waals surface area contributed by atoms with Crippen LogP contribution in [-0.4, -0.2) is 14.5 Å². The summed E-state index contributed by atoms with van der Waals surface area (Å²) in [6.07, 6.45) is 3.50. The monoisotopic (exact) mass is 367 g/mol. The molecule has 2 aromatic heterocycles. The van der Waals surface area contributed by atoms with Crippen LogP contribution in [0, 0.1) is 5.82 Å². The summed E-state index contributed by atoms with van der Waals surface area (Å²) in [4.78, 5) is 8.47. The summed E-state index contributed by atoms with van der Waals surface area (Å²) in [7, 11) is 0. The fraction of sp³-hybridized carbons (Fsp3) is 0.200. The van der Waals surface area contributed by atoms with Crippen molar-refractivity contribution in [3.63, 3.8) is 0 Å². The Labute approximate surface area is 134 Å². The van der Waals surface area contributed by atoms with Crippen molar-refractivity contribution in [2.75, 3.05) is 0 Å². The Balaban J connectivity index is 2.23. The van der Waals surface area contributed by atoms with Gasteiger partial charge in [-0.3, -0.25) is 4.98 Å². The van der Waals surface area contributed by atoms with Gasteiger partial charge >= 0.3 is 0 Å². The molecule has 0 saturated carbocycles. The average Bonchev–Trinajstić information content (AvgIpc) is 2.85. The van der Waals surface area contributed by atoms with Crippen molar-refractivity contribution in [2.24, 2.45) is 0 Å². The van der Waals surface area contributed by atoms with Crippen molar-refractivity contribution in [1.82, 2.24) is 14.5 Å². The van der Waals surface area contributed by atoms with E-state index in [4.69, 9.17) is 11.6 Å². The zero-order valence-corrected chi connectivity index (χ0v) is 13.6. The van der Waals surface area contributed by atoms with Crippen molar-refractivity contribution in [3.05, 3.63) is 58.3 Å². The Morgan fingerprint density at radius 2 is 2.05 bits per heavy atom. The molecule has 3 nitrogen and oxygen atoms in total. The molecule has 1 aromatic carbocycles. The molecule has 0 bridgehead atoms. The maximum atomic E-state index is 13.7. The Morgan fingerprint density at radius 3 is 2.71 bits per heavy atom. The number of hydrogen-bond donors (Lipinski definition) is 0. The van der Waals surface area contributed by atoms with Crippen LogP contribution in [-0.2, 0) is 5.88 Å². The van der Waals surface area contributed by atoms with Gasteiger partial charge in [-0.15, -0.1) is 11.6 Å². The minimum Gasteiger partial charge on any atom is -0.320 e. The first-order valence-corrected chi connectivity index (χ1v) is 7.76. The topological polar surface area (TPSA) is 30.7 Å². The molecule has 6 heteroatoms. The highest BCUT2D eigenvalue weighted by Crippen LogP contribution is 2.29. The van der Waals surface area contributed by atoms with Gasteiger partial charge in [0.2, 0.25) is 0 Å². The predicted molar refractivity (Wildman–Crippen MR) is 85.0 cm³/mol. The van der Waals surface area contributed by atoms with Crippen LogP contribution in [0.15, 0.2) is 41.1 Å². The molecule has 0 aliphatic carbocycles. The zero-order chi connectivity index (χ0) is 15.0. The smallest absolute Gasteiger partial charge is 0.139 e. The van der Waals surface area contributed by atoms with Gasteiger partial charge in [0, 0.05) is 18.5 Å². The fourth-order valence-electron chi connectivity index (χ4n) is 2.46. The van der Waals surface area contributed by atoms with Crippen LogP contribution in [0.5, 0.6) is 0 Å². The molecule has 0 aliphatic heterocycles. The molecule has 1 unspecified atom stereocenters. The lowest BCUT2D eigenvalue weighted by Crippen LogP contribution is -2.10. The number of hydrogen-bond acceptors (Lipinski definition) is 2. The van der Waals surface area contributed by atoms with Crippen molar-refractivity contribution in [1.29, 1.82) is 0 Å². The van der Waals surface area contributed by atoms with Gasteiger partial charge < -0.3 is 4.57 Å². The number of imidazole rings is 1. The molecule has 108 valence electrons. The van der Waals surface area contributed by atoms with E-state index in [-0.39, 0.29) is 17.7 Å². The maximum Gasteiger partial charge on any atom is 0.139 e. The summed E-state index contributed by atoms with van der Waals surface area (Å²) in [6, 6.07) is 7.10. The van der Waals surface area contributed by atoms with E-state index in [9.17, 15) is 4.39 Å². The van der Waals surface area contributed by atoms with Crippen molar-refractivity contribution in [3.8, 4) is 0 Å². The predicted octanol–water partition coefficient (Wildman–Crippen LogP) is 4.68. The quantitative estimate of drug-likeness (QED) is 0.628. The third-order valence-electron chi connectivity index (χ3n) is 3.50. The van der Waals surface area contributed by atoms with Crippen LogP contribution in [0.4, 0.5) is 4.39 Å². The average molecular weight is 369 g/mol. The Kier molecular flexibility index (Phi) is 3.95. The minimum atomic E-state index is -0.329. The summed E-state index contributed by atoms with van der Waals surface area (Å²) < 4.78 is 16.1. The lowest BCUT2D eigenvalue weighted by molar-refractivity contribution is 0.620. The third kappa shape index (κ3) is 2.56. The molecular weight excluding hydrogens is 357 g/mol. The third-order valence-corrected chi connectivity index (χ3v) is 4.35. The molecule has 2 heterocycles. The van der Waals surface area contributed by atoms with Gasteiger partial charge in [0.1, 0.15) is 11.6 Å². The molecule has 0 radical (unpaired) electrons. The normalized spacial score (nSPS) is 12.8. The highest BCUT2D eigenvalue weighted by molar-refractivity contribution is 9.10. The molecule has 3 aromatic rings. The number of pyridine rings is 1. The van der Waals surface area contributed by atoms with E-state index in [0.717, 1.165) is 11.1 Å². The van der Waals surface area contributed by atoms with Crippen molar-refractivity contribution >= 4 is 38.6 Å². The number of halogens is 3. The molecule has 3 rings (SSSR count). The number of aromatic nitrogens is 3. The summed E-state index contributed by atoms with van der Waals surface area (Å²) in [5.74, 6) is 0.655. The molecular formula is C15H12BrClFN3. The molecule has 0 amide bonds. The second kappa shape index (κ2) is 5.73. The van der Waals surface area contributed by atoms with Gasteiger partial charge in [-0.05, 0) is 46.6 Å². The second-order valence-electron chi connectivity index (χ2n) is 4.74. The molecule has 1 atom stereocenters. The van der Waals surface area contributed by atoms with Crippen LogP contribution in [0.1, 0.15) is 24.4 Å². The number of fused-ring (bicyclic) bond motifs is 1. The molecule has 21 heavy (non-hydrogen) atoms. The summed E-state index contributed by atoms with van der Waals surface area (Å²) >= 11 is 9.24. The van der Waals surface area contributed by atoms with E-state index >= 15 is 0 Å². The molecule has 0 N–H and O–H groups in total. The van der Waals surface area contributed by atoms with E-state index in [1.54, 1.807) is 18.5 Å². The van der Waals surface area contributed by atoms with Crippen LogP contribution in [0.25, 0.3) is 11.0 Å². The summed E-state index contributed by atoms with van der Waals surface area (Å²) in [5, 5.41) is 0. The zero-order valence-electron chi connectivity index (χ0n) is 11.2. The van der Waals surface area contributed by atoms with Gasteiger partial charge in [-0.25, -0.2) is 9.37 Å². The lowest BCUT2D eigenvalue weighted by atomic mass is 10.1. The van der Waals surface area contributed by atoms with Crippen molar-refractivity contribution in [2.45, 2.75) is 18.8 Å². The molecule has 0 aliphatic rings. The van der Waals surface area contributed by atoms with Crippen LogP contribution in [0.2, 0.25) is 0 Å². The van der Waals surface area contributed by atoms with E-state index in [1.165, 1.54) is 6.07 Å². The maximum absolute atomic E-state index is 13.7. The van der Waals surface area contributed by atoms with Gasteiger partial charge in [0.25, 0.3) is 0 Å². The first-order chi connectivity index (χ1) is 10.1. The highest BCUT2D eigenvalue weighted by atomic mass is 79.9. The van der Waals surface area contributed by atoms with Gasteiger partial charge in [-0.2, -0.15) is 0 Å². The van der Waals surface area contributed by atoms with Gasteiger partial charge in [0.15, 0.2) is 0 Å². The standard InChI is InChI=1S/C15H12BrClFN3/c1-9(10-2-4-19-5-3-10)21-14-6-11(16)12(18)7-13(14)20-15(21)8-17/h2-7,9H,8H2,1H3. The van der Waals surface area contributed by atoms with E-state index < -0.39 is 0 Å². The Hall–Kier alpha value is -1.46. The summed E-state index contributed by atoms with van der Waals surface area (Å²) in [5.41, 5.74) is 2.55. The van der Waals surface area contributed by atoms with Crippen LogP contribution >= 0.6 is 27.5 Å². The summed E-state index contributed by atoms with van der Waals surface area (Å²) in [6.45, 7) is 2.06. The van der Waals surface area contributed by atoms with Gasteiger partial charge in [0.05, 0.1) is 27.4 Å². The van der Waals surface area contributed by atoms with E-state index in [0.29, 0.717) is 15.8 Å². The van der Waals surface area contributed by atoms with Gasteiger partial charge in [-0.1, -0.05) is 0 Å². The fourth-order valence-corrected chi connectivity index (χ4v) is 2.98. The largest absolute Gasteiger partial charge is 0.320 e.